The van der Waals surface area contributed by atoms with Crippen molar-refractivity contribution in [3.05, 3.63) is 35.9 Å². The van der Waals surface area contributed by atoms with E-state index in [0.29, 0.717) is 6.04 Å². The van der Waals surface area contributed by atoms with Gasteiger partial charge in [0.2, 0.25) is 0 Å². The summed E-state index contributed by atoms with van der Waals surface area (Å²) in [6, 6.07) is 10.1. The Hall–Kier alpha value is -1.31. The number of amides is 1. The Labute approximate surface area is 101 Å². The monoisotopic (exact) mass is 227 g/mol. The van der Waals surface area contributed by atoms with Crippen molar-refractivity contribution in [2.75, 3.05) is 0 Å². The molecule has 2 bridgehead atoms. The van der Waals surface area contributed by atoms with Gasteiger partial charge in [0.1, 0.15) is 0 Å². The van der Waals surface area contributed by atoms with E-state index in [2.05, 4.69) is 5.32 Å². The van der Waals surface area contributed by atoms with Crippen LogP contribution >= 0.6 is 0 Å². The van der Waals surface area contributed by atoms with E-state index in [1.165, 1.54) is 19.3 Å². The highest BCUT2D eigenvalue weighted by Gasteiger charge is 2.65. The quantitative estimate of drug-likeness (QED) is 0.826. The van der Waals surface area contributed by atoms with Crippen molar-refractivity contribution in [2.24, 2.45) is 23.7 Å². The van der Waals surface area contributed by atoms with E-state index in [0.717, 1.165) is 29.2 Å². The van der Waals surface area contributed by atoms with Crippen LogP contribution in [-0.4, -0.2) is 11.9 Å². The highest BCUT2D eigenvalue weighted by atomic mass is 16.1. The molecule has 0 aliphatic heterocycles. The number of carbonyl (C=O) groups excluding carboxylic acids is 1. The van der Waals surface area contributed by atoms with Crippen LogP contribution in [0.15, 0.2) is 30.3 Å². The van der Waals surface area contributed by atoms with Crippen molar-refractivity contribution in [2.45, 2.75) is 25.3 Å². The van der Waals surface area contributed by atoms with Crippen molar-refractivity contribution >= 4 is 5.91 Å². The molecule has 3 aliphatic rings. The summed E-state index contributed by atoms with van der Waals surface area (Å²) in [7, 11) is 0. The van der Waals surface area contributed by atoms with Gasteiger partial charge in [-0.3, -0.25) is 4.79 Å². The average molecular weight is 227 g/mol. The second-order valence-electron chi connectivity index (χ2n) is 5.85. The van der Waals surface area contributed by atoms with Gasteiger partial charge in [0.15, 0.2) is 0 Å². The second kappa shape index (κ2) is 3.34. The Kier molecular flexibility index (Phi) is 1.91. The minimum absolute atomic E-state index is 0.115. The fourth-order valence-electron chi connectivity index (χ4n) is 4.34. The molecule has 0 aromatic heterocycles. The molecular weight excluding hydrogens is 210 g/mol. The van der Waals surface area contributed by atoms with Gasteiger partial charge >= 0.3 is 0 Å². The summed E-state index contributed by atoms with van der Waals surface area (Å²) in [5, 5.41) is 3.23. The number of nitrogens with one attached hydrogen (secondary N) is 1. The van der Waals surface area contributed by atoms with Crippen LogP contribution in [0.4, 0.5) is 0 Å². The van der Waals surface area contributed by atoms with Crippen molar-refractivity contribution in [1.29, 1.82) is 0 Å². The fraction of sp³-hybridized carbons (Fsp3) is 0.533. The van der Waals surface area contributed by atoms with E-state index in [4.69, 9.17) is 0 Å². The molecule has 1 amide bonds. The molecule has 3 saturated carbocycles. The number of hydrogen-bond acceptors (Lipinski definition) is 1. The largest absolute Gasteiger partial charge is 0.349 e. The molecule has 1 N–H and O–H groups in total. The molecule has 0 spiro atoms. The summed E-state index contributed by atoms with van der Waals surface area (Å²) >= 11 is 0. The van der Waals surface area contributed by atoms with Crippen LogP contribution < -0.4 is 5.32 Å². The first-order chi connectivity index (χ1) is 8.34. The number of benzene rings is 1. The normalized spacial score (nSPS) is 41.1. The molecular formula is C15H17NO. The molecule has 88 valence electrons. The third-order valence-electron chi connectivity index (χ3n) is 5.07. The third kappa shape index (κ3) is 1.36. The summed E-state index contributed by atoms with van der Waals surface area (Å²) in [6.07, 6.45) is 4.25. The molecule has 2 heteroatoms. The van der Waals surface area contributed by atoms with Crippen molar-refractivity contribution in [1.82, 2.24) is 5.32 Å². The molecule has 1 aromatic carbocycles. The Morgan fingerprint density at radius 2 is 1.71 bits per heavy atom. The highest BCUT2D eigenvalue weighted by Crippen LogP contribution is 2.65. The van der Waals surface area contributed by atoms with E-state index in [-0.39, 0.29) is 5.91 Å². The Morgan fingerprint density at radius 1 is 1.06 bits per heavy atom. The van der Waals surface area contributed by atoms with E-state index in [9.17, 15) is 4.79 Å². The molecule has 3 fully saturated rings. The van der Waals surface area contributed by atoms with Gasteiger partial charge in [-0.05, 0) is 55.1 Å². The maximum Gasteiger partial charge on any atom is 0.251 e. The van der Waals surface area contributed by atoms with Crippen LogP contribution in [0.3, 0.4) is 0 Å². The zero-order valence-corrected chi connectivity index (χ0v) is 9.80. The predicted molar refractivity (Wildman–Crippen MR) is 65.5 cm³/mol. The van der Waals surface area contributed by atoms with Crippen LogP contribution in [-0.2, 0) is 0 Å². The lowest BCUT2D eigenvalue weighted by molar-refractivity contribution is 0.0944. The summed E-state index contributed by atoms with van der Waals surface area (Å²) < 4.78 is 0. The predicted octanol–water partition coefficient (Wildman–Crippen LogP) is 2.46. The number of rotatable bonds is 2. The summed E-state index contributed by atoms with van der Waals surface area (Å²) in [6.45, 7) is 0. The van der Waals surface area contributed by atoms with E-state index in [1.54, 1.807) is 0 Å². The number of carbonyl (C=O) groups is 1. The van der Waals surface area contributed by atoms with Crippen LogP contribution in [0.25, 0.3) is 0 Å². The minimum Gasteiger partial charge on any atom is -0.349 e. The molecule has 2 nitrogen and oxygen atoms in total. The first-order valence-corrected chi connectivity index (χ1v) is 6.70. The maximum atomic E-state index is 12.0. The Morgan fingerprint density at radius 3 is 2.35 bits per heavy atom. The number of fused-ring (bicyclic) bond motifs is 5. The van der Waals surface area contributed by atoms with Crippen LogP contribution in [0.5, 0.6) is 0 Å². The molecule has 0 heterocycles. The molecule has 17 heavy (non-hydrogen) atoms. The summed E-state index contributed by atoms with van der Waals surface area (Å²) in [4.78, 5) is 12.0. The first kappa shape index (κ1) is 9.69. The first-order valence-electron chi connectivity index (χ1n) is 6.70. The van der Waals surface area contributed by atoms with Crippen molar-refractivity contribution in [3.8, 4) is 0 Å². The zero-order chi connectivity index (χ0) is 11.4. The van der Waals surface area contributed by atoms with Crippen LogP contribution in [0, 0.1) is 23.7 Å². The van der Waals surface area contributed by atoms with Gasteiger partial charge in [0, 0.05) is 11.6 Å². The summed E-state index contributed by atoms with van der Waals surface area (Å²) in [5.41, 5.74) is 0.796. The van der Waals surface area contributed by atoms with Crippen molar-refractivity contribution in [3.63, 3.8) is 0 Å². The van der Waals surface area contributed by atoms with Crippen LogP contribution in [0.2, 0.25) is 0 Å². The molecule has 1 aromatic rings. The van der Waals surface area contributed by atoms with Crippen molar-refractivity contribution < 1.29 is 4.79 Å². The highest BCUT2D eigenvalue weighted by molar-refractivity contribution is 5.94. The van der Waals surface area contributed by atoms with Gasteiger partial charge in [0.05, 0.1) is 0 Å². The summed E-state index contributed by atoms with van der Waals surface area (Å²) in [5.74, 6) is 3.60. The Bertz CT molecular complexity index is 439. The third-order valence-corrected chi connectivity index (χ3v) is 5.07. The topological polar surface area (TPSA) is 29.1 Å². The average Bonchev–Trinajstić information content (AvgIpc) is 2.76. The standard InChI is InChI=1S/C15H17NO/c17-15(9-4-2-1-3-5-9)16-14-12-10-6-7-11(8-10)13(12)14/h1-5,10-14H,6-8H2,(H,16,17). The van der Waals surface area contributed by atoms with Gasteiger partial charge in [-0.15, -0.1) is 0 Å². The second-order valence-corrected chi connectivity index (χ2v) is 5.85. The lowest BCUT2D eigenvalue weighted by Crippen LogP contribution is -2.29. The van der Waals surface area contributed by atoms with Gasteiger partial charge < -0.3 is 5.32 Å². The van der Waals surface area contributed by atoms with E-state index < -0.39 is 0 Å². The lowest BCUT2D eigenvalue weighted by atomic mass is 10.0. The molecule has 0 radical (unpaired) electrons. The molecule has 4 atom stereocenters. The zero-order valence-electron chi connectivity index (χ0n) is 9.80. The number of hydrogen-bond donors (Lipinski definition) is 1. The smallest absolute Gasteiger partial charge is 0.251 e. The maximum absolute atomic E-state index is 12.0. The van der Waals surface area contributed by atoms with Gasteiger partial charge in [-0.25, -0.2) is 0 Å². The minimum atomic E-state index is 0.115. The van der Waals surface area contributed by atoms with E-state index in [1.807, 2.05) is 30.3 Å². The van der Waals surface area contributed by atoms with Gasteiger partial charge in [-0.2, -0.15) is 0 Å². The SMILES string of the molecule is O=C(NC1C2C3CCC(C3)C12)c1ccccc1. The molecule has 0 saturated heterocycles. The Balaban J connectivity index is 1.45. The fourth-order valence-corrected chi connectivity index (χ4v) is 4.34. The van der Waals surface area contributed by atoms with Gasteiger partial charge in [-0.1, -0.05) is 18.2 Å². The molecule has 4 rings (SSSR count). The van der Waals surface area contributed by atoms with Crippen LogP contribution in [0.1, 0.15) is 29.6 Å². The molecule has 3 aliphatic carbocycles. The molecule has 4 unspecified atom stereocenters. The van der Waals surface area contributed by atoms with Gasteiger partial charge in [0.25, 0.3) is 5.91 Å². The lowest BCUT2D eigenvalue weighted by Gasteiger charge is -2.10. The van der Waals surface area contributed by atoms with E-state index >= 15 is 0 Å².